The molecule has 2 fully saturated rings. The third kappa shape index (κ3) is 4.95. The fraction of sp³-hybridized carbons (Fsp3) is 0.519. The second-order valence-electron chi connectivity index (χ2n) is 11.0. The number of methoxy groups -OCH3 is 1. The quantitative estimate of drug-likeness (QED) is 0.429. The number of pyridine rings is 1. The number of carbonyl (C=O) groups is 1. The average Bonchev–Trinajstić information content (AvgIpc) is 3.64. The zero-order valence-corrected chi connectivity index (χ0v) is 25.2. The molecule has 0 saturated carbocycles. The molecule has 2 saturated heterocycles. The first-order valence-electron chi connectivity index (χ1n) is 13.5. The van der Waals surface area contributed by atoms with Crippen molar-refractivity contribution in [2.45, 2.75) is 49.0 Å². The van der Waals surface area contributed by atoms with Gasteiger partial charge in [0, 0.05) is 38.7 Å². The molecule has 3 aliphatic heterocycles. The van der Waals surface area contributed by atoms with Crippen molar-refractivity contribution in [3.63, 3.8) is 0 Å². The number of guanidine groups is 1. The Morgan fingerprint density at radius 1 is 1.29 bits per heavy atom. The summed E-state index contributed by atoms with van der Waals surface area (Å²) in [7, 11) is -5.53. The number of ether oxygens (including phenoxy) is 2. The summed E-state index contributed by atoms with van der Waals surface area (Å²) in [5.74, 6) is -1.25. The lowest BCUT2D eigenvalue weighted by Gasteiger charge is -2.48. The Bertz CT molecular complexity index is 1630. The third-order valence-corrected chi connectivity index (χ3v) is 13.1. The van der Waals surface area contributed by atoms with E-state index < -0.39 is 48.8 Å². The van der Waals surface area contributed by atoms with Gasteiger partial charge in [0.25, 0.3) is 0 Å². The van der Waals surface area contributed by atoms with Crippen molar-refractivity contribution < 1.29 is 35.5 Å². The standard InChI is InChI=1S/C27H34FN5O7S2/c1-26(21-13-18(6-8-22(21)28)14-24(34)23-9-7-19(39-3)15-30-23)27(42(37,38)32(2)25(29)31-26)10-11-33(17-27)41(35,36)16-20-5-4-12-40-20/h6-9,13,15,20H,4-5,10-12,14,16-17H2,1-3H3,(H2,29,31)/t20?,26-,27+/m1/s1. The monoisotopic (exact) mass is 623 g/mol. The van der Waals surface area contributed by atoms with Crippen molar-refractivity contribution in [1.82, 2.24) is 13.6 Å². The highest BCUT2D eigenvalue weighted by Crippen LogP contribution is 2.52. The van der Waals surface area contributed by atoms with Crippen LogP contribution in [0.1, 0.15) is 47.8 Å². The van der Waals surface area contributed by atoms with Crippen molar-refractivity contribution in [3.05, 3.63) is 59.2 Å². The first kappa shape index (κ1) is 30.3. The van der Waals surface area contributed by atoms with Crippen LogP contribution >= 0.6 is 0 Å². The van der Waals surface area contributed by atoms with E-state index in [0.717, 1.165) is 21.1 Å². The molecule has 0 aliphatic carbocycles. The molecule has 228 valence electrons. The SMILES string of the molecule is COc1ccc(C(=O)Cc2ccc(F)c([C@@]3(C)N=C(N)N(C)S(=O)(=O)[C@]34CCN(S(=O)(=O)CC3CCCO3)C4)c2)nc1. The number of benzene rings is 1. The smallest absolute Gasteiger partial charge is 0.247 e. The summed E-state index contributed by atoms with van der Waals surface area (Å²) in [5.41, 5.74) is 4.72. The lowest BCUT2D eigenvalue weighted by Crippen LogP contribution is -2.66. The van der Waals surface area contributed by atoms with Gasteiger partial charge >= 0.3 is 0 Å². The molecule has 2 N–H and O–H groups in total. The van der Waals surface area contributed by atoms with Crippen LogP contribution in [0.5, 0.6) is 5.75 Å². The van der Waals surface area contributed by atoms with Gasteiger partial charge in [-0.05, 0) is 56.0 Å². The molecule has 1 aromatic heterocycles. The Morgan fingerprint density at radius 2 is 2.05 bits per heavy atom. The molecular weight excluding hydrogens is 589 g/mol. The van der Waals surface area contributed by atoms with Crippen molar-refractivity contribution in [1.29, 1.82) is 0 Å². The summed E-state index contributed by atoms with van der Waals surface area (Å²) < 4.78 is 81.3. The first-order valence-corrected chi connectivity index (χ1v) is 16.5. The van der Waals surface area contributed by atoms with Gasteiger partial charge in [0.15, 0.2) is 5.78 Å². The van der Waals surface area contributed by atoms with Crippen LogP contribution in [0.25, 0.3) is 0 Å². The minimum atomic E-state index is -4.34. The number of Topliss-reactive ketones (excluding diaryl/α,β-unsaturated/α-hetero) is 1. The summed E-state index contributed by atoms with van der Waals surface area (Å²) in [5, 5.41) is 0. The first-order chi connectivity index (χ1) is 19.7. The lowest BCUT2D eigenvalue weighted by molar-refractivity contribution is 0.0988. The molecule has 0 amide bonds. The number of carbonyl (C=O) groups excluding carboxylic acids is 1. The van der Waals surface area contributed by atoms with Crippen LogP contribution in [-0.4, -0.2) is 92.6 Å². The van der Waals surface area contributed by atoms with Crippen molar-refractivity contribution in [2.75, 3.05) is 39.6 Å². The topological polar surface area (TPSA) is 162 Å². The van der Waals surface area contributed by atoms with Crippen LogP contribution < -0.4 is 10.5 Å². The maximum Gasteiger partial charge on any atom is 0.247 e. The molecule has 12 nitrogen and oxygen atoms in total. The van der Waals surface area contributed by atoms with Crippen LogP contribution in [0, 0.1) is 5.82 Å². The minimum Gasteiger partial charge on any atom is -0.495 e. The second kappa shape index (κ2) is 10.8. The van der Waals surface area contributed by atoms with E-state index in [2.05, 4.69) is 9.98 Å². The van der Waals surface area contributed by atoms with E-state index in [0.29, 0.717) is 24.3 Å². The molecule has 1 spiro atoms. The summed E-state index contributed by atoms with van der Waals surface area (Å²) >= 11 is 0. The van der Waals surface area contributed by atoms with Crippen molar-refractivity contribution >= 4 is 31.8 Å². The van der Waals surface area contributed by atoms with E-state index in [1.54, 1.807) is 6.07 Å². The molecule has 1 aromatic carbocycles. The Hall–Kier alpha value is -3.14. The number of sulfonamides is 2. The Labute approximate surface area is 244 Å². The zero-order valence-electron chi connectivity index (χ0n) is 23.6. The van der Waals surface area contributed by atoms with Crippen LogP contribution in [0.3, 0.4) is 0 Å². The molecule has 42 heavy (non-hydrogen) atoms. The molecule has 2 aromatic rings. The van der Waals surface area contributed by atoms with Gasteiger partial charge in [-0.25, -0.2) is 39.8 Å². The lowest BCUT2D eigenvalue weighted by atomic mass is 9.77. The molecule has 15 heteroatoms. The zero-order chi connectivity index (χ0) is 30.5. The van der Waals surface area contributed by atoms with E-state index in [-0.39, 0.29) is 48.1 Å². The van der Waals surface area contributed by atoms with Crippen molar-refractivity contribution in [2.24, 2.45) is 10.7 Å². The molecule has 0 radical (unpaired) electrons. The van der Waals surface area contributed by atoms with Gasteiger partial charge in [-0.1, -0.05) is 6.07 Å². The van der Waals surface area contributed by atoms with Gasteiger partial charge in [0.2, 0.25) is 26.0 Å². The highest BCUT2D eigenvalue weighted by atomic mass is 32.2. The molecule has 1 unspecified atom stereocenters. The van der Waals surface area contributed by atoms with Crippen LogP contribution in [0.2, 0.25) is 0 Å². The number of aliphatic imine (C=N–C) groups is 1. The summed E-state index contributed by atoms with van der Waals surface area (Å²) in [6.07, 6.45) is 2.00. The molecule has 3 atom stereocenters. The van der Waals surface area contributed by atoms with Gasteiger partial charge in [0.1, 0.15) is 27.5 Å². The predicted octanol–water partition coefficient (Wildman–Crippen LogP) is 1.41. The molecule has 5 rings (SSSR count). The van der Waals surface area contributed by atoms with Gasteiger partial charge < -0.3 is 15.2 Å². The fourth-order valence-electron chi connectivity index (χ4n) is 6.05. The largest absolute Gasteiger partial charge is 0.495 e. The van der Waals surface area contributed by atoms with E-state index in [1.165, 1.54) is 45.5 Å². The molecular formula is C27H34FN5O7S2. The van der Waals surface area contributed by atoms with Crippen LogP contribution in [0.15, 0.2) is 41.5 Å². The summed E-state index contributed by atoms with van der Waals surface area (Å²) in [6.45, 7) is 1.38. The third-order valence-electron chi connectivity index (χ3n) is 8.59. The number of aromatic nitrogens is 1. The van der Waals surface area contributed by atoms with Crippen molar-refractivity contribution in [3.8, 4) is 5.75 Å². The average molecular weight is 624 g/mol. The summed E-state index contributed by atoms with van der Waals surface area (Å²) in [4.78, 5) is 21.6. The maximum absolute atomic E-state index is 15.7. The Balaban J connectivity index is 1.54. The van der Waals surface area contributed by atoms with Gasteiger partial charge in [-0.2, -0.15) is 0 Å². The molecule has 3 aliphatic rings. The maximum atomic E-state index is 15.7. The number of nitrogens with two attached hydrogens (primary N) is 1. The fourth-order valence-corrected chi connectivity index (χ4v) is 10.00. The van der Waals surface area contributed by atoms with E-state index in [1.807, 2.05) is 0 Å². The number of hydrogen-bond donors (Lipinski definition) is 1. The van der Waals surface area contributed by atoms with Gasteiger partial charge in [-0.3, -0.25) is 4.79 Å². The van der Waals surface area contributed by atoms with E-state index >= 15 is 4.39 Å². The number of rotatable bonds is 8. The van der Waals surface area contributed by atoms with Gasteiger partial charge in [0.05, 0.1) is 25.2 Å². The van der Waals surface area contributed by atoms with Crippen LogP contribution in [0.4, 0.5) is 4.39 Å². The highest BCUT2D eigenvalue weighted by Gasteiger charge is 2.67. The van der Waals surface area contributed by atoms with E-state index in [9.17, 15) is 21.6 Å². The van der Waals surface area contributed by atoms with Gasteiger partial charge in [-0.15, -0.1) is 0 Å². The normalized spacial score (nSPS) is 27.8. The van der Waals surface area contributed by atoms with E-state index in [4.69, 9.17) is 15.2 Å². The number of nitrogens with zero attached hydrogens (tertiary/aromatic N) is 4. The Morgan fingerprint density at radius 3 is 2.69 bits per heavy atom. The number of halogens is 1. The summed E-state index contributed by atoms with van der Waals surface area (Å²) in [6, 6.07) is 7.09. The Kier molecular flexibility index (Phi) is 7.83. The predicted molar refractivity (Wildman–Crippen MR) is 153 cm³/mol. The van der Waals surface area contributed by atoms with Crippen LogP contribution in [-0.2, 0) is 36.7 Å². The second-order valence-corrected chi connectivity index (χ2v) is 15.3. The number of ketones is 1. The number of hydrogen-bond acceptors (Lipinski definition) is 10. The highest BCUT2D eigenvalue weighted by molar-refractivity contribution is 7.91. The molecule has 4 heterocycles. The minimum absolute atomic E-state index is 0.101. The molecule has 0 bridgehead atoms.